The molecule has 0 aromatic carbocycles. The first-order chi connectivity index (χ1) is 11.5. The van der Waals surface area contributed by atoms with Crippen molar-refractivity contribution < 1.29 is 19.1 Å². The second-order valence-electron chi connectivity index (χ2n) is 6.81. The van der Waals surface area contributed by atoms with E-state index in [0.717, 1.165) is 51.4 Å². The summed E-state index contributed by atoms with van der Waals surface area (Å²) in [7, 11) is 0. The van der Waals surface area contributed by atoms with Gasteiger partial charge in [-0.1, -0.05) is 66.2 Å². The third-order valence-corrected chi connectivity index (χ3v) is 4.72. The molecule has 0 saturated heterocycles. The van der Waals surface area contributed by atoms with E-state index in [1.54, 1.807) is 6.92 Å². The minimum atomic E-state index is -0.836. The third-order valence-electron chi connectivity index (χ3n) is 4.72. The zero-order valence-electron chi connectivity index (χ0n) is 16.4. The molecule has 0 radical (unpaired) electrons. The van der Waals surface area contributed by atoms with Gasteiger partial charge < -0.3 is 9.47 Å². The summed E-state index contributed by atoms with van der Waals surface area (Å²) in [6.07, 6.45) is 8.67. The number of esters is 2. The van der Waals surface area contributed by atoms with Crippen LogP contribution in [0.4, 0.5) is 0 Å². The van der Waals surface area contributed by atoms with Gasteiger partial charge in [0.1, 0.15) is 0 Å². The summed E-state index contributed by atoms with van der Waals surface area (Å²) in [5.41, 5.74) is 0. The van der Waals surface area contributed by atoms with Gasteiger partial charge in [-0.15, -0.1) is 0 Å². The minimum Gasteiger partial charge on any atom is -0.465 e. The predicted molar refractivity (Wildman–Crippen MR) is 97.7 cm³/mol. The zero-order valence-corrected chi connectivity index (χ0v) is 16.4. The molecule has 0 heterocycles. The molecule has 0 spiro atoms. The van der Waals surface area contributed by atoms with E-state index in [2.05, 4.69) is 27.7 Å². The van der Waals surface area contributed by atoms with Gasteiger partial charge in [-0.2, -0.15) is 0 Å². The van der Waals surface area contributed by atoms with E-state index in [-0.39, 0.29) is 0 Å². The van der Waals surface area contributed by atoms with Crippen LogP contribution in [0.3, 0.4) is 0 Å². The van der Waals surface area contributed by atoms with Crippen LogP contribution in [0.15, 0.2) is 0 Å². The largest absolute Gasteiger partial charge is 0.465 e. The Hall–Kier alpha value is -1.06. The van der Waals surface area contributed by atoms with E-state index in [0.29, 0.717) is 25.0 Å². The number of unbranched alkanes of at least 4 members (excludes halogenated alkanes) is 2. The molecule has 0 saturated carbocycles. The van der Waals surface area contributed by atoms with E-state index in [4.69, 9.17) is 9.47 Å². The molecule has 0 aliphatic heterocycles. The number of hydrogen-bond acceptors (Lipinski definition) is 4. The molecule has 24 heavy (non-hydrogen) atoms. The van der Waals surface area contributed by atoms with Crippen molar-refractivity contribution in [3.05, 3.63) is 0 Å². The molecule has 2 atom stereocenters. The average Bonchev–Trinajstić information content (AvgIpc) is 2.60. The van der Waals surface area contributed by atoms with Crippen LogP contribution in [0.2, 0.25) is 0 Å². The van der Waals surface area contributed by atoms with Crippen molar-refractivity contribution >= 4 is 11.9 Å². The second-order valence-corrected chi connectivity index (χ2v) is 6.81. The Morgan fingerprint density at radius 1 is 0.750 bits per heavy atom. The molecule has 0 aliphatic carbocycles. The van der Waals surface area contributed by atoms with Crippen LogP contribution < -0.4 is 0 Å². The van der Waals surface area contributed by atoms with E-state index < -0.39 is 17.9 Å². The molecule has 4 heteroatoms. The fraction of sp³-hybridized carbons (Fsp3) is 0.900. The van der Waals surface area contributed by atoms with Gasteiger partial charge in [-0.3, -0.25) is 9.59 Å². The Bertz CT molecular complexity index is 309. The molecule has 0 bridgehead atoms. The van der Waals surface area contributed by atoms with Crippen molar-refractivity contribution in [2.75, 3.05) is 13.2 Å². The van der Waals surface area contributed by atoms with Crippen LogP contribution in [-0.4, -0.2) is 25.2 Å². The van der Waals surface area contributed by atoms with Gasteiger partial charge in [0.2, 0.25) is 0 Å². The summed E-state index contributed by atoms with van der Waals surface area (Å²) >= 11 is 0. The molecule has 0 aromatic heterocycles. The first-order valence-electron chi connectivity index (χ1n) is 9.83. The molecule has 0 N–H and O–H groups in total. The number of ether oxygens (including phenoxy) is 2. The summed E-state index contributed by atoms with van der Waals surface area (Å²) in [5.74, 6) is -0.989. The predicted octanol–water partition coefficient (Wildman–Crippen LogP) is 5.14. The fourth-order valence-electron chi connectivity index (χ4n) is 2.54. The highest BCUT2D eigenvalue weighted by Crippen LogP contribution is 2.16. The van der Waals surface area contributed by atoms with E-state index in [1.807, 2.05) is 0 Å². The quantitative estimate of drug-likeness (QED) is 0.324. The Morgan fingerprint density at radius 3 is 1.42 bits per heavy atom. The third kappa shape index (κ3) is 9.94. The molecule has 142 valence electrons. The van der Waals surface area contributed by atoms with Gasteiger partial charge >= 0.3 is 11.9 Å². The van der Waals surface area contributed by atoms with E-state index >= 15 is 0 Å². The van der Waals surface area contributed by atoms with Crippen molar-refractivity contribution in [2.45, 2.75) is 86.0 Å². The molecular formula is C20H38O4. The maximum absolute atomic E-state index is 12.0. The van der Waals surface area contributed by atoms with Crippen molar-refractivity contribution in [1.29, 1.82) is 0 Å². The summed E-state index contributed by atoms with van der Waals surface area (Å²) in [4.78, 5) is 24.1. The van der Waals surface area contributed by atoms with Crippen LogP contribution in [0.1, 0.15) is 86.0 Å². The molecule has 0 fully saturated rings. The van der Waals surface area contributed by atoms with Crippen molar-refractivity contribution in [3.63, 3.8) is 0 Å². The number of carbonyl (C=O) groups excluding carboxylic acids is 2. The Kier molecular flexibility index (Phi) is 13.7. The number of rotatable bonds is 14. The summed E-state index contributed by atoms with van der Waals surface area (Å²) < 4.78 is 10.7. The van der Waals surface area contributed by atoms with Gasteiger partial charge in [0, 0.05) is 0 Å². The molecule has 0 aromatic rings. The van der Waals surface area contributed by atoms with Gasteiger partial charge in [0.25, 0.3) is 0 Å². The highest BCUT2D eigenvalue weighted by Gasteiger charge is 2.26. The standard InChI is InChI=1S/C20H38O4/c1-6-10-12-17(8-3)14-23-19(21)16(5)20(22)24-15-18(9-4)13-11-7-2/h16-18H,6-15H2,1-5H3. The first-order valence-corrected chi connectivity index (χ1v) is 9.83. The summed E-state index contributed by atoms with van der Waals surface area (Å²) in [6, 6.07) is 0. The molecule has 0 rings (SSSR count). The Morgan fingerprint density at radius 2 is 1.12 bits per heavy atom. The van der Waals surface area contributed by atoms with Gasteiger partial charge in [-0.25, -0.2) is 0 Å². The highest BCUT2D eigenvalue weighted by molar-refractivity contribution is 5.94. The lowest BCUT2D eigenvalue weighted by atomic mass is 10.0. The number of carbonyl (C=O) groups is 2. The van der Waals surface area contributed by atoms with Crippen molar-refractivity contribution in [1.82, 2.24) is 0 Å². The summed E-state index contributed by atoms with van der Waals surface area (Å²) in [6.45, 7) is 10.9. The second kappa shape index (κ2) is 14.3. The van der Waals surface area contributed by atoms with Crippen molar-refractivity contribution in [2.24, 2.45) is 17.8 Å². The van der Waals surface area contributed by atoms with Crippen molar-refractivity contribution in [3.8, 4) is 0 Å². The fourth-order valence-corrected chi connectivity index (χ4v) is 2.54. The Balaban J connectivity index is 4.18. The SMILES string of the molecule is CCCCC(CC)COC(=O)C(C)C(=O)OCC(CC)CCCC. The lowest BCUT2D eigenvalue weighted by molar-refractivity contribution is -0.162. The zero-order chi connectivity index (χ0) is 18.4. The van der Waals surface area contributed by atoms with Gasteiger partial charge in [-0.05, 0) is 31.6 Å². The maximum atomic E-state index is 12.0. The van der Waals surface area contributed by atoms with Gasteiger partial charge in [0.05, 0.1) is 13.2 Å². The molecular weight excluding hydrogens is 304 g/mol. The lowest BCUT2D eigenvalue weighted by Gasteiger charge is -2.18. The van der Waals surface area contributed by atoms with Crippen LogP contribution in [0, 0.1) is 17.8 Å². The van der Waals surface area contributed by atoms with Crippen LogP contribution in [0.5, 0.6) is 0 Å². The normalized spacial score (nSPS) is 14.7. The van der Waals surface area contributed by atoms with Crippen LogP contribution in [-0.2, 0) is 19.1 Å². The lowest BCUT2D eigenvalue weighted by Crippen LogP contribution is -2.28. The van der Waals surface area contributed by atoms with Gasteiger partial charge in [0.15, 0.2) is 5.92 Å². The number of hydrogen-bond donors (Lipinski definition) is 0. The van der Waals surface area contributed by atoms with E-state index in [1.165, 1.54) is 0 Å². The topological polar surface area (TPSA) is 52.6 Å². The maximum Gasteiger partial charge on any atom is 0.320 e. The Labute approximate surface area is 148 Å². The van der Waals surface area contributed by atoms with Crippen LogP contribution in [0.25, 0.3) is 0 Å². The highest BCUT2D eigenvalue weighted by atomic mass is 16.6. The molecule has 0 aliphatic rings. The monoisotopic (exact) mass is 342 g/mol. The van der Waals surface area contributed by atoms with Crippen LogP contribution >= 0.6 is 0 Å². The molecule has 0 amide bonds. The first kappa shape index (κ1) is 22.9. The minimum absolute atomic E-state index is 0.385. The molecule has 2 unspecified atom stereocenters. The summed E-state index contributed by atoms with van der Waals surface area (Å²) in [5, 5.41) is 0. The average molecular weight is 343 g/mol. The van der Waals surface area contributed by atoms with E-state index in [9.17, 15) is 9.59 Å². The molecule has 4 nitrogen and oxygen atoms in total. The smallest absolute Gasteiger partial charge is 0.320 e.